The molecule has 2 fully saturated rings. The Kier molecular flexibility index (Phi) is 3.26. The van der Waals surface area contributed by atoms with E-state index >= 15 is 0 Å². The van der Waals surface area contributed by atoms with E-state index in [1.54, 1.807) is 0 Å². The quantitative estimate of drug-likeness (QED) is 0.861. The average Bonchev–Trinajstić information content (AvgIpc) is 2.82. The fourth-order valence-electron chi connectivity index (χ4n) is 5.51. The third kappa shape index (κ3) is 2.19. The van der Waals surface area contributed by atoms with Crippen LogP contribution in [0.15, 0.2) is 18.2 Å². The number of hydrogen-bond donors (Lipinski definition) is 1. The van der Waals surface area contributed by atoms with Gasteiger partial charge in [0.15, 0.2) is 0 Å². The zero-order valence-corrected chi connectivity index (χ0v) is 13.5. The molecule has 23 heavy (non-hydrogen) atoms. The second-order valence-electron chi connectivity index (χ2n) is 7.62. The van der Waals surface area contributed by atoms with Crippen molar-refractivity contribution < 1.29 is 14.3 Å². The van der Waals surface area contributed by atoms with Gasteiger partial charge < -0.3 is 10.5 Å². The van der Waals surface area contributed by atoms with Gasteiger partial charge in [-0.2, -0.15) is 0 Å². The summed E-state index contributed by atoms with van der Waals surface area (Å²) >= 11 is 0. The number of rotatable bonds is 1. The molecule has 3 aliphatic rings. The minimum atomic E-state index is -0.767. The van der Waals surface area contributed by atoms with Crippen LogP contribution in [0.5, 0.6) is 5.75 Å². The Morgan fingerprint density at radius 3 is 2.87 bits per heavy atom. The third-order valence-electron chi connectivity index (χ3n) is 6.63. The first kappa shape index (κ1) is 14.7. The lowest BCUT2D eigenvalue weighted by Crippen LogP contribution is -2.42. The molecule has 1 aromatic carbocycles. The third-order valence-corrected chi connectivity index (χ3v) is 6.63. The Morgan fingerprint density at radius 2 is 2.09 bits per heavy atom. The number of primary amides is 1. The number of carbonyl (C=O) groups excluding carboxylic acids is 2. The molecule has 1 amide bonds. The normalized spacial score (nSPS) is 35.2. The number of benzene rings is 1. The van der Waals surface area contributed by atoms with Gasteiger partial charge in [0, 0.05) is 11.8 Å². The van der Waals surface area contributed by atoms with Crippen LogP contribution in [0.2, 0.25) is 0 Å². The average molecular weight is 313 g/mol. The largest absolute Gasteiger partial charge is 0.410 e. The summed E-state index contributed by atoms with van der Waals surface area (Å²) in [6.07, 6.45) is 5.29. The molecule has 4 rings (SSSR count). The number of carbonyl (C=O) groups is 2. The second kappa shape index (κ2) is 5.08. The summed E-state index contributed by atoms with van der Waals surface area (Å²) < 4.78 is 5.01. The van der Waals surface area contributed by atoms with Gasteiger partial charge in [0.1, 0.15) is 11.5 Å². The SMILES string of the molecule is C[C@]12CC[C@@H]3c4ccc(OC(N)=O)cc4CC[C@H]3[C@@H]1CCC2=O. The summed E-state index contributed by atoms with van der Waals surface area (Å²) in [6.45, 7) is 2.20. The Hall–Kier alpha value is -1.84. The maximum atomic E-state index is 12.3. The van der Waals surface area contributed by atoms with Crippen LogP contribution in [0, 0.1) is 17.3 Å². The van der Waals surface area contributed by atoms with Crippen molar-refractivity contribution in [3.63, 3.8) is 0 Å². The van der Waals surface area contributed by atoms with E-state index < -0.39 is 6.09 Å². The minimum absolute atomic E-state index is 0.0757. The first-order valence-electron chi connectivity index (χ1n) is 8.62. The van der Waals surface area contributed by atoms with Crippen molar-refractivity contribution in [3.8, 4) is 5.75 Å². The predicted molar refractivity (Wildman–Crippen MR) is 86.3 cm³/mol. The van der Waals surface area contributed by atoms with Crippen molar-refractivity contribution in [3.05, 3.63) is 29.3 Å². The van der Waals surface area contributed by atoms with Gasteiger partial charge in [-0.3, -0.25) is 4.79 Å². The molecule has 3 aliphatic carbocycles. The molecule has 1 aromatic rings. The van der Waals surface area contributed by atoms with E-state index in [9.17, 15) is 9.59 Å². The van der Waals surface area contributed by atoms with E-state index in [4.69, 9.17) is 10.5 Å². The minimum Gasteiger partial charge on any atom is -0.410 e. The van der Waals surface area contributed by atoms with Crippen LogP contribution < -0.4 is 10.5 Å². The Morgan fingerprint density at radius 1 is 1.26 bits per heavy atom. The maximum Gasteiger partial charge on any atom is 0.409 e. The van der Waals surface area contributed by atoms with Gasteiger partial charge in [-0.05, 0) is 73.1 Å². The monoisotopic (exact) mass is 313 g/mol. The number of fused-ring (bicyclic) bond motifs is 5. The van der Waals surface area contributed by atoms with Crippen LogP contribution in [0.1, 0.15) is 56.1 Å². The predicted octanol–water partition coefficient (Wildman–Crippen LogP) is 3.57. The van der Waals surface area contributed by atoms with Crippen molar-refractivity contribution >= 4 is 11.9 Å². The number of nitrogens with two attached hydrogens (primary N) is 1. The number of Topliss-reactive ketones (excluding diaryl/α,β-unsaturated/α-hetero) is 1. The molecule has 0 unspecified atom stereocenters. The highest BCUT2D eigenvalue weighted by Crippen LogP contribution is 2.59. The first-order valence-corrected chi connectivity index (χ1v) is 8.62. The summed E-state index contributed by atoms with van der Waals surface area (Å²) in [6, 6.07) is 5.91. The lowest BCUT2D eigenvalue weighted by atomic mass is 9.55. The molecule has 0 heterocycles. The van der Waals surface area contributed by atoms with E-state index in [-0.39, 0.29) is 5.41 Å². The lowest BCUT2D eigenvalue weighted by Gasteiger charge is -2.48. The summed E-state index contributed by atoms with van der Waals surface area (Å²) in [7, 11) is 0. The smallest absolute Gasteiger partial charge is 0.409 e. The summed E-state index contributed by atoms with van der Waals surface area (Å²) in [5.74, 6) is 2.73. The highest BCUT2D eigenvalue weighted by atomic mass is 16.5. The van der Waals surface area contributed by atoms with E-state index in [1.165, 1.54) is 11.1 Å². The molecule has 2 saturated carbocycles. The van der Waals surface area contributed by atoms with E-state index in [1.807, 2.05) is 12.1 Å². The molecule has 4 atom stereocenters. The number of amides is 1. The molecule has 122 valence electrons. The molecule has 0 aromatic heterocycles. The molecular weight excluding hydrogens is 290 g/mol. The maximum absolute atomic E-state index is 12.3. The number of hydrogen-bond acceptors (Lipinski definition) is 3. The zero-order chi connectivity index (χ0) is 16.2. The van der Waals surface area contributed by atoms with Gasteiger partial charge in [0.25, 0.3) is 0 Å². The number of ketones is 1. The molecule has 2 N–H and O–H groups in total. The Bertz CT molecular complexity index is 683. The zero-order valence-electron chi connectivity index (χ0n) is 13.5. The van der Waals surface area contributed by atoms with Crippen molar-refractivity contribution in [1.82, 2.24) is 0 Å². The molecule has 0 spiro atoms. The standard InChI is InChI=1S/C19H23NO3/c1-19-9-8-14-13-5-3-12(23-18(20)22)10-11(13)2-4-15(14)16(19)6-7-17(19)21/h3,5,10,14-16H,2,4,6-9H2,1H3,(H2,20,22)/t14-,15-,16+,19+/m1/s1. The summed E-state index contributed by atoms with van der Waals surface area (Å²) in [5.41, 5.74) is 7.69. The molecule has 4 nitrogen and oxygen atoms in total. The van der Waals surface area contributed by atoms with Crippen molar-refractivity contribution in [2.45, 2.75) is 51.4 Å². The van der Waals surface area contributed by atoms with Crippen molar-refractivity contribution in [1.29, 1.82) is 0 Å². The molecule has 0 radical (unpaired) electrons. The van der Waals surface area contributed by atoms with Crippen LogP contribution in [0.4, 0.5) is 4.79 Å². The molecule has 0 saturated heterocycles. The van der Waals surface area contributed by atoms with Gasteiger partial charge >= 0.3 is 6.09 Å². The van der Waals surface area contributed by atoms with Gasteiger partial charge in [0.2, 0.25) is 0 Å². The van der Waals surface area contributed by atoms with E-state index in [0.29, 0.717) is 29.3 Å². The summed E-state index contributed by atoms with van der Waals surface area (Å²) in [5, 5.41) is 0. The number of aryl methyl sites for hydroxylation is 1. The fourth-order valence-corrected chi connectivity index (χ4v) is 5.51. The van der Waals surface area contributed by atoms with Gasteiger partial charge in [-0.1, -0.05) is 13.0 Å². The van der Waals surface area contributed by atoms with Crippen LogP contribution in [0.3, 0.4) is 0 Å². The number of ether oxygens (including phenoxy) is 1. The van der Waals surface area contributed by atoms with E-state index in [2.05, 4.69) is 13.0 Å². The van der Waals surface area contributed by atoms with E-state index in [0.717, 1.165) is 38.5 Å². The Labute approximate surface area is 136 Å². The topological polar surface area (TPSA) is 69.4 Å². The fraction of sp³-hybridized carbons (Fsp3) is 0.579. The van der Waals surface area contributed by atoms with Crippen LogP contribution in [-0.4, -0.2) is 11.9 Å². The highest BCUT2D eigenvalue weighted by molar-refractivity contribution is 5.87. The van der Waals surface area contributed by atoms with Crippen molar-refractivity contribution in [2.75, 3.05) is 0 Å². The first-order chi connectivity index (χ1) is 11.0. The van der Waals surface area contributed by atoms with Gasteiger partial charge in [-0.15, -0.1) is 0 Å². The molecule has 0 aliphatic heterocycles. The highest BCUT2D eigenvalue weighted by Gasteiger charge is 2.54. The van der Waals surface area contributed by atoms with Crippen LogP contribution >= 0.6 is 0 Å². The van der Waals surface area contributed by atoms with Gasteiger partial charge in [-0.25, -0.2) is 4.79 Å². The molecule has 0 bridgehead atoms. The van der Waals surface area contributed by atoms with Crippen LogP contribution in [0.25, 0.3) is 0 Å². The Balaban J connectivity index is 1.65. The van der Waals surface area contributed by atoms with Crippen molar-refractivity contribution in [2.24, 2.45) is 23.0 Å². The van der Waals surface area contributed by atoms with Gasteiger partial charge in [0.05, 0.1) is 0 Å². The lowest BCUT2D eigenvalue weighted by molar-refractivity contribution is -0.129. The summed E-state index contributed by atoms with van der Waals surface area (Å²) in [4.78, 5) is 23.3. The second-order valence-corrected chi connectivity index (χ2v) is 7.62. The molecule has 4 heteroatoms. The molecular formula is C19H23NO3. The van der Waals surface area contributed by atoms with Crippen LogP contribution in [-0.2, 0) is 11.2 Å².